The number of halogens is 2. The van der Waals surface area contributed by atoms with Crippen molar-refractivity contribution in [1.82, 2.24) is 10.0 Å². The van der Waals surface area contributed by atoms with Crippen molar-refractivity contribution in [2.75, 3.05) is 7.05 Å². The number of benzene rings is 1. The van der Waals surface area contributed by atoms with Gasteiger partial charge in [0.2, 0.25) is 10.0 Å². The van der Waals surface area contributed by atoms with E-state index in [1.54, 1.807) is 19.2 Å². The average molecular weight is 333 g/mol. The van der Waals surface area contributed by atoms with Gasteiger partial charge in [0.05, 0.1) is 12.8 Å². The Morgan fingerprint density at radius 1 is 1.33 bits per heavy atom. The molecule has 0 unspecified atom stereocenters. The van der Waals surface area contributed by atoms with Crippen LogP contribution < -0.4 is 10.0 Å². The highest BCUT2D eigenvalue weighted by atomic mass is 35.5. The molecule has 2 rings (SSSR count). The van der Waals surface area contributed by atoms with Gasteiger partial charge in [0, 0.05) is 17.1 Å². The molecule has 0 aliphatic rings. The van der Waals surface area contributed by atoms with Gasteiger partial charge in [0.1, 0.15) is 16.5 Å². The Morgan fingerprint density at radius 2 is 2.10 bits per heavy atom. The zero-order chi connectivity index (χ0) is 15.5. The summed E-state index contributed by atoms with van der Waals surface area (Å²) in [6.07, 6.45) is 1.43. The molecule has 0 spiro atoms. The third-order valence-corrected chi connectivity index (χ3v) is 4.37. The molecule has 0 bridgehead atoms. The van der Waals surface area contributed by atoms with Gasteiger partial charge in [0.25, 0.3) is 0 Å². The normalized spacial score (nSPS) is 11.8. The molecule has 0 aliphatic carbocycles. The van der Waals surface area contributed by atoms with Crippen molar-refractivity contribution in [2.45, 2.75) is 18.0 Å². The number of furan rings is 1. The summed E-state index contributed by atoms with van der Waals surface area (Å²) >= 11 is 5.86. The van der Waals surface area contributed by atoms with Crippen LogP contribution in [0, 0.1) is 5.82 Å². The Morgan fingerprint density at radius 3 is 2.71 bits per heavy atom. The van der Waals surface area contributed by atoms with Crippen LogP contribution in [-0.2, 0) is 23.1 Å². The molecule has 21 heavy (non-hydrogen) atoms. The summed E-state index contributed by atoms with van der Waals surface area (Å²) in [4.78, 5) is -0.480. The predicted molar refractivity (Wildman–Crippen MR) is 76.9 cm³/mol. The predicted octanol–water partition coefficient (Wildman–Crippen LogP) is 2.27. The van der Waals surface area contributed by atoms with E-state index in [2.05, 4.69) is 10.0 Å². The molecule has 1 heterocycles. The standard InChI is InChI=1S/C13H14ClFN2O3S/c1-16-7-9-5-10(14)6-12(13(9)15)21(18,19)17-8-11-3-2-4-20-11/h2-6,16-17H,7-8H2,1H3. The summed E-state index contributed by atoms with van der Waals surface area (Å²) in [5.74, 6) is -0.392. The Hall–Kier alpha value is -1.41. The van der Waals surface area contributed by atoms with E-state index in [0.29, 0.717) is 5.76 Å². The van der Waals surface area contributed by atoms with Gasteiger partial charge in [-0.05, 0) is 31.3 Å². The van der Waals surface area contributed by atoms with Crippen molar-refractivity contribution >= 4 is 21.6 Å². The third-order valence-electron chi connectivity index (χ3n) is 2.75. The zero-order valence-electron chi connectivity index (χ0n) is 11.2. The van der Waals surface area contributed by atoms with E-state index in [4.69, 9.17) is 16.0 Å². The van der Waals surface area contributed by atoms with Gasteiger partial charge in [-0.3, -0.25) is 0 Å². The second kappa shape index (κ2) is 6.57. The molecule has 2 aromatic rings. The highest BCUT2D eigenvalue weighted by Gasteiger charge is 2.22. The van der Waals surface area contributed by atoms with Crippen LogP contribution in [0.4, 0.5) is 4.39 Å². The molecular weight excluding hydrogens is 319 g/mol. The topological polar surface area (TPSA) is 71.3 Å². The van der Waals surface area contributed by atoms with Crippen molar-refractivity contribution in [1.29, 1.82) is 0 Å². The minimum absolute atomic E-state index is 0.0668. The molecule has 2 N–H and O–H groups in total. The minimum Gasteiger partial charge on any atom is -0.468 e. The first-order chi connectivity index (χ1) is 9.94. The van der Waals surface area contributed by atoms with E-state index in [9.17, 15) is 12.8 Å². The molecule has 1 aromatic carbocycles. The first-order valence-electron chi connectivity index (χ1n) is 6.08. The third kappa shape index (κ3) is 3.82. The van der Waals surface area contributed by atoms with Crippen LogP contribution >= 0.6 is 11.6 Å². The van der Waals surface area contributed by atoms with E-state index in [1.165, 1.54) is 12.3 Å². The average Bonchev–Trinajstić information content (AvgIpc) is 2.94. The molecule has 1 aromatic heterocycles. The fraction of sp³-hybridized carbons (Fsp3) is 0.231. The molecule has 8 heteroatoms. The molecule has 0 fully saturated rings. The summed E-state index contributed by atoms with van der Waals surface area (Å²) in [6.45, 7) is 0.107. The fourth-order valence-corrected chi connectivity index (χ4v) is 3.23. The van der Waals surface area contributed by atoms with E-state index in [1.807, 2.05) is 0 Å². The van der Waals surface area contributed by atoms with E-state index >= 15 is 0 Å². The van der Waals surface area contributed by atoms with Crippen LogP contribution in [0.1, 0.15) is 11.3 Å². The van der Waals surface area contributed by atoms with Crippen LogP contribution in [0.15, 0.2) is 39.8 Å². The van der Waals surface area contributed by atoms with Crippen molar-refractivity contribution in [2.24, 2.45) is 0 Å². The summed E-state index contributed by atoms with van der Waals surface area (Å²) < 4.78 is 45.9. The number of nitrogens with one attached hydrogen (secondary N) is 2. The summed E-state index contributed by atoms with van der Waals surface area (Å²) in [6, 6.07) is 5.72. The summed E-state index contributed by atoms with van der Waals surface area (Å²) in [5.41, 5.74) is 0.184. The Balaban J connectivity index is 2.30. The van der Waals surface area contributed by atoms with Gasteiger partial charge in [-0.2, -0.15) is 0 Å². The zero-order valence-corrected chi connectivity index (χ0v) is 12.8. The summed E-state index contributed by atoms with van der Waals surface area (Å²) in [7, 11) is -2.40. The van der Waals surface area contributed by atoms with E-state index in [0.717, 1.165) is 6.07 Å². The van der Waals surface area contributed by atoms with Crippen molar-refractivity contribution in [3.05, 3.63) is 52.7 Å². The van der Waals surface area contributed by atoms with Gasteiger partial charge < -0.3 is 9.73 Å². The second-order valence-electron chi connectivity index (χ2n) is 4.31. The first kappa shape index (κ1) is 16.0. The highest BCUT2D eigenvalue weighted by molar-refractivity contribution is 7.89. The molecule has 114 valence electrons. The molecule has 0 amide bonds. The molecular formula is C13H14ClFN2O3S. The molecule has 0 aliphatic heterocycles. The monoisotopic (exact) mass is 332 g/mol. The molecule has 0 atom stereocenters. The van der Waals surface area contributed by atoms with Crippen LogP contribution in [-0.4, -0.2) is 15.5 Å². The minimum atomic E-state index is -4.03. The maximum atomic E-state index is 14.3. The second-order valence-corrected chi connectivity index (χ2v) is 6.48. The first-order valence-corrected chi connectivity index (χ1v) is 7.94. The maximum absolute atomic E-state index is 14.3. The van der Waals surface area contributed by atoms with Gasteiger partial charge >= 0.3 is 0 Å². The van der Waals surface area contributed by atoms with Gasteiger partial charge in [-0.1, -0.05) is 11.6 Å². The van der Waals surface area contributed by atoms with Crippen LogP contribution in [0.3, 0.4) is 0 Å². The van der Waals surface area contributed by atoms with Crippen LogP contribution in [0.5, 0.6) is 0 Å². The number of rotatable bonds is 6. The fourth-order valence-electron chi connectivity index (χ4n) is 1.79. The molecule has 0 saturated heterocycles. The SMILES string of the molecule is CNCc1cc(Cl)cc(S(=O)(=O)NCc2ccco2)c1F. The lowest BCUT2D eigenvalue weighted by molar-refractivity contribution is 0.496. The summed E-state index contributed by atoms with van der Waals surface area (Å²) in [5, 5.41) is 2.91. The molecule has 5 nitrogen and oxygen atoms in total. The quantitative estimate of drug-likeness (QED) is 0.851. The Kier molecular flexibility index (Phi) is 5.00. The van der Waals surface area contributed by atoms with Gasteiger partial charge in [-0.15, -0.1) is 0 Å². The lowest BCUT2D eigenvalue weighted by atomic mass is 10.2. The number of sulfonamides is 1. The van der Waals surface area contributed by atoms with Gasteiger partial charge in [-0.25, -0.2) is 17.5 Å². The van der Waals surface area contributed by atoms with Gasteiger partial charge in [0.15, 0.2) is 0 Å². The van der Waals surface area contributed by atoms with E-state index < -0.39 is 20.7 Å². The van der Waals surface area contributed by atoms with Crippen molar-refractivity contribution in [3.63, 3.8) is 0 Å². The lowest BCUT2D eigenvalue weighted by Crippen LogP contribution is -2.24. The molecule has 0 radical (unpaired) electrons. The highest BCUT2D eigenvalue weighted by Crippen LogP contribution is 2.24. The largest absolute Gasteiger partial charge is 0.468 e. The molecule has 0 saturated carbocycles. The Bertz CT molecular complexity index is 717. The van der Waals surface area contributed by atoms with Crippen molar-refractivity contribution in [3.8, 4) is 0 Å². The number of hydrogen-bond donors (Lipinski definition) is 2. The Labute approximate surface area is 127 Å². The maximum Gasteiger partial charge on any atom is 0.243 e. The lowest BCUT2D eigenvalue weighted by Gasteiger charge is -2.10. The van der Waals surface area contributed by atoms with Crippen LogP contribution in [0.25, 0.3) is 0 Å². The van der Waals surface area contributed by atoms with Crippen LogP contribution in [0.2, 0.25) is 5.02 Å². The number of hydrogen-bond acceptors (Lipinski definition) is 4. The van der Waals surface area contributed by atoms with Crippen molar-refractivity contribution < 1.29 is 17.2 Å². The smallest absolute Gasteiger partial charge is 0.243 e. The van der Waals surface area contributed by atoms with E-state index in [-0.39, 0.29) is 23.7 Å².